The Hall–Kier alpha value is -2.35. The lowest BCUT2D eigenvalue weighted by atomic mass is 9.97. The van der Waals surface area contributed by atoms with Crippen molar-refractivity contribution in [2.24, 2.45) is 16.6 Å². The summed E-state index contributed by atoms with van der Waals surface area (Å²) in [5, 5.41) is 7.03. The van der Waals surface area contributed by atoms with Crippen LogP contribution in [0.2, 0.25) is 0 Å². The quantitative estimate of drug-likeness (QED) is 0.459. The number of piperidine rings is 2. The first-order chi connectivity index (χ1) is 14.6. The second-order valence-electron chi connectivity index (χ2n) is 8.36. The molecule has 1 amide bonds. The lowest BCUT2D eigenvalue weighted by Gasteiger charge is -2.34. The second-order valence-corrected chi connectivity index (χ2v) is 8.36. The van der Waals surface area contributed by atoms with E-state index in [4.69, 9.17) is 5.73 Å². The Labute approximate surface area is 180 Å². The van der Waals surface area contributed by atoms with Crippen LogP contribution < -0.4 is 21.3 Å². The van der Waals surface area contributed by atoms with Crippen LogP contribution >= 0.6 is 0 Å². The van der Waals surface area contributed by atoms with Gasteiger partial charge in [-0.05, 0) is 44.7 Å². The zero-order chi connectivity index (χ0) is 21.3. The molecule has 0 spiro atoms. The Bertz CT molecular complexity index is 715. The Kier molecular flexibility index (Phi) is 8.30. The topological polar surface area (TPSA) is 98.9 Å². The summed E-state index contributed by atoms with van der Waals surface area (Å²) in [6.07, 6.45) is 7.12. The fourth-order valence-electron chi connectivity index (χ4n) is 4.44. The highest BCUT2D eigenvalue weighted by molar-refractivity contribution is 5.80. The second kappa shape index (κ2) is 11.2. The molecule has 166 valence electrons. The van der Waals surface area contributed by atoms with E-state index in [2.05, 4.69) is 43.4 Å². The van der Waals surface area contributed by atoms with Crippen molar-refractivity contribution in [3.63, 3.8) is 0 Å². The van der Waals surface area contributed by atoms with E-state index in [0.717, 1.165) is 62.7 Å². The summed E-state index contributed by atoms with van der Waals surface area (Å²) in [7, 11) is 1.81. The smallest absolute Gasteiger partial charge is 0.222 e. The van der Waals surface area contributed by atoms with E-state index in [1.807, 2.05) is 19.3 Å². The van der Waals surface area contributed by atoms with Crippen LogP contribution in [0.1, 0.15) is 44.6 Å². The number of guanidine groups is 1. The summed E-state index contributed by atoms with van der Waals surface area (Å²) in [6, 6.07) is 4.49. The molecular weight excluding hydrogens is 378 g/mol. The SMILES string of the molecule is CCCN1CCC(NC(=NC)NCc2cccnc2N2CCCC(C(N)=O)C2)CC1. The van der Waals surface area contributed by atoms with Gasteiger partial charge in [0.05, 0.1) is 5.92 Å². The minimum atomic E-state index is -0.218. The van der Waals surface area contributed by atoms with Gasteiger partial charge >= 0.3 is 0 Å². The van der Waals surface area contributed by atoms with Gasteiger partial charge in [0.1, 0.15) is 5.82 Å². The Morgan fingerprint density at radius 2 is 2.10 bits per heavy atom. The van der Waals surface area contributed by atoms with Crippen LogP contribution in [0, 0.1) is 5.92 Å². The van der Waals surface area contributed by atoms with E-state index in [1.54, 1.807) is 0 Å². The summed E-state index contributed by atoms with van der Waals surface area (Å²) in [6.45, 7) is 7.89. The molecule has 2 aliphatic rings. The maximum Gasteiger partial charge on any atom is 0.222 e. The van der Waals surface area contributed by atoms with Crippen LogP contribution in [-0.4, -0.2) is 67.6 Å². The Morgan fingerprint density at radius 1 is 1.30 bits per heavy atom. The summed E-state index contributed by atoms with van der Waals surface area (Å²) in [4.78, 5) is 25.4. The molecule has 0 radical (unpaired) electrons. The van der Waals surface area contributed by atoms with Crippen LogP contribution in [0.5, 0.6) is 0 Å². The standard InChI is InChI=1S/C22H37N7O/c1-3-11-28-13-8-19(9-14-28)27-22(24-2)26-15-17-6-4-10-25-21(17)29-12-5-7-18(16-29)20(23)30/h4,6,10,18-19H,3,5,7-9,11-16H2,1-2H3,(H2,23,30)(H2,24,26,27). The van der Waals surface area contributed by atoms with Gasteiger partial charge in [0.2, 0.25) is 5.91 Å². The minimum Gasteiger partial charge on any atom is -0.369 e. The van der Waals surface area contributed by atoms with Gasteiger partial charge in [-0.2, -0.15) is 0 Å². The number of carbonyl (C=O) groups excluding carboxylic acids is 1. The van der Waals surface area contributed by atoms with Gasteiger partial charge in [-0.1, -0.05) is 13.0 Å². The minimum absolute atomic E-state index is 0.102. The number of rotatable bonds is 7. The van der Waals surface area contributed by atoms with Crippen molar-refractivity contribution < 1.29 is 4.79 Å². The molecule has 3 heterocycles. The number of aliphatic imine (C=N–C) groups is 1. The van der Waals surface area contributed by atoms with Crippen LogP contribution in [0.3, 0.4) is 0 Å². The Balaban J connectivity index is 1.55. The molecular formula is C22H37N7O. The highest BCUT2D eigenvalue weighted by Gasteiger charge is 2.26. The van der Waals surface area contributed by atoms with Crippen molar-refractivity contribution in [1.82, 2.24) is 20.5 Å². The average molecular weight is 416 g/mol. The highest BCUT2D eigenvalue weighted by Crippen LogP contribution is 2.24. The van der Waals surface area contributed by atoms with Crippen molar-refractivity contribution in [1.29, 1.82) is 0 Å². The summed E-state index contributed by atoms with van der Waals surface area (Å²) in [5.41, 5.74) is 6.65. The predicted molar refractivity (Wildman–Crippen MR) is 121 cm³/mol. The van der Waals surface area contributed by atoms with E-state index in [0.29, 0.717) is 19.1 Å². The first-order valence-electron chi connectivity index (χ1n) is 11.3. The third-order valence-corrected chi connectivity index (χ3v) is 6.13. The largest absolute Gasteiger partial charge is 0.369 e. The monoisotopic (exact) mass is 415 g/mol. The predicted octanol–water partition coefficient (Wildman–Crippen LogP) is 1.32. The molecule has 3 rings (SSSR count). The summed E-state index contributed by atoms with van der Waals surface area (Å²) >= 11 is 0. The molecule has 30 heavy (non-hydrogen) atoms. The number of anilines is 1. The zero-order valence-electron chi connectivity index (χ0n) is 18.4. The molecule has 1 atom stereocenters. The lowest BCUT2D eigenvalue weighted by Crippen LogP contribution is -2.48. The molecule has 2 saturated heterocycles. The molecule has 2 fully saturated rings. The van der Waals surface area contributed by atoms with E-state index < -0.39 is 0 Å². The number of nitrogens with two attached hydrogens (primary N) is 1. The van der Waals surface area contributed by atoms with Crippen LogP contribution in [-0.2, 0) is 11.3 Å². The number of nitrogens with zero attached hydrogens (tertiary/aromatic N) is 4. The fraction of sp³-hybridized carbons (Fsp3) is 0.682. The van der Waals surface area contributed by atoms with Crippen molar-refractivity contribution in [2.75, 3.05) is 44.7 Å². The molecule has 0 bridgehead atoms. The average Bonchev–Trinajstić information content (AvgIpc) is 2.78. The molecule has 2 aliphatic heterocycles. The van der Waals surface area contributed by atoms with Crippen molar-refractivity contribution in [3.8, 4) is 0 Å². The Morgan fingerprint density at radius 3 is 2.80 bits per heavy atom. The molecule has 0 aliphatic carbocycles. The van der Waals surface area contributed by atoms with E-state index in [9.17, 15) is 4.79 Å². The maximum absolute atomic E-state index is 11.7. The van der Waals surface area contributed by atoms with Crippen LogP contribution in [0.25, 0.3) is 0 Å². The molecule has 1 unspecified atom stereocenters. The van der Waals surface area contributed by atoms with Gasteiger partial charge < -0.3 is 26.2 Å². The molecule has 1 aromatic rings. The fourth-order valence-corrected chi connectivity index (χ4v) is 4.44. The molecule has 1 aromatic heterocycles. The number of carbonyl (C=O) groups is 1. The van der Waals surface area contributed by atoms with Crippen molar-refractivity contribution in [3.05, 3.63) is 23.9 Å². The summed E-state index contributed by atoms with van der Waals surface area (Å²) in [5.74, 6) is 1.44. The van der Waals surface area contributed by atoms with Gasteiger partial charge in [-0.25, -0.2) is 4.98 Å². The van der Waals surface area contributed by atoms with Gasteiger partial charge in [0, 0.05) is 57.6 Å². The third-order valence-electron chi connectivity index (χ3n) is 6.13. The first-order valence-corrected chi connectivity index (χ1v) is 11.3. The molecule has 4 N–H and O–H groups in total. The zero-order valence-corrected chi connectivity index (χ0v) is 18.4. The lowest BCUT2D eigenvalue weighted by molar-refractivity contribution is -0.122. The van der Waals surface area contributed by atoms with Crippen molar-refractivity contribution >= 4 is 17.7 Å². The maximum atomic E-state index is 11.7. The number of pyridine rings is 1. The number of nitrogens with one attached hydrogen (secondary N) is 2. The first kappa shape index (κ1) is 22.3. The summed E-state index contributed by atoms with van der Waals surface area (Å²) < 4.78 is 0. The van der Waals surface area contributed by atoms with E-state index in [1.165, 1.54) is 13.0 Å². The van der Waals surface area contributed by atoms with Crippen molar-refractivity contribution in [2.45, 2.75) is 51.6 Å². The third kappa shape index (κ3) is 6.08. The van der Waals surface area contributed by atoms with Gasteiger partial charge in [-0.15, -0.1) is 0 Å². The molecule has 0 aromatic carbocycles. The number of likely N-dealkylation sites (tertiary alicyclic amines) is 1. The number of hydrogen-bond donors (Lipinski definition) is 3. The van der Waals surface area contributed by atoms with Gasteiger partial charge in [-0.3, -0.25) is 9.79 Å². The number of hydrogen-bond acceptors (Lipinski definition) is 5. The normalized spacial score (nSPS) is 21.5. The van der Waals surface area contributed by atoms with Gasteiger partial charge in [0.15, 0.2) is 5.96 Å². The number of aromatic nitrogens is 1. The molecule has 0 saturated carbocycles. The van der Waals surface area contributed by atoms with Crippen LogP contribution in [0.15, 0.2) is 23.3 Å². The molecule has 8 nitrogen and oxygen atoms in total. The van der Waals surface area contributed by atoms with E-state index >= 15 is 0 Å². The highest BCUT2D eigenvalue weighted by atomic mass is 16.1. The number of primary amides is 1. The van der Waals surface area contributed by atoms with E-state index in [-0.39, 0.29) is 11.8 Å². The number of amides is 1. The van der Waals surface area contributed by atoms with Gasteiger partial charge in [0.25, 0.3) is 0 Å². The molecule has 8 heteroatoms. The van der Waals surface area contributed by atoms with Crippen LogP contribution in [0.4, 0.5) is 5.82 Å².